The van der Waals surface area contributed by atoms with Gasteiger partial charge in [-0.15, -0.1) is 11.8 Å². The van der Waals surface area contributed by atoms with Gasteiger partial charge in [0.05, 0.1) is 39.4 Å². The number of thioether (sulfide) groups is 1. The lowest BCUT2D eigenvalue weighted by Gasteiger charge is -2.43. The predicted octanol–water partition coefficient (Wildman–Crippen LogP) is 10.2. The van der Waals surface area contributed by atoms with Crippen molar-refractivity contribution in [1.82, 2.24) is 4.72 Å². The Morgan fingerprint density at radius 1 is 1.02 bits per heavy atom. The Bertz CT molecular complexity index is 1690. The molecule has 2 atom stereocenters. The molecular weight excluding hydrogens is 671 g/mol. The Hall–Kier alpha value is -2.62. The predicted molar refractivity (Wildman–Crippen MR) is 189 cm³/mol. The number of halogens is 3. The van der Waals surface area contributed by atoms with Crippen LogP contribution in [-0.2, 0) is 26.9 Å². The first-order valence-corrected chi connectivity index (χ1v) is 17.6. The highest BCUT2D eigenvalue weighted by molar-refractivity contribution is 8.02. The quantitative estimate of drug-likeness (QED) is 0.226. The fourth-order valence-electron chi connectivity index (χ4n) is 5.02. The molecule has 6 nitrogen and oxygen atoms in total. The molecule has 0 fully saturated rings. The van der Waals surface area contributed by atoms with Crippen LogP contribution < -0.4 is 14.4 Å². The van der Waals surface area contributed by atoms with E-state index in [-0.39, 0.29) is 12.5 Å². The molecule has 4 rings (SSSR count). The summed E-state index contributed by atoms with van der Waals surface area (Å²) in [5, 5.41) is 2.55. The van der Waals surface area contributed by atoms with Crippen molar-refractivity contribution in [1.29, 1.82) is 0 Å². The maximum absolute atomic E-state index is 12.6. The topological polar surface area (TPSA) is 67.9 Å². The van der Waals surface area contributed by atoms with Gasteiger partial charge in [-0.1, -0.05) is 79.8 Å². The molecule has 1 heterocycles. The molecule has 2 unspecified atom stereocenters. The average molecular weight is 708 g/mol. The number of methoxy groups -OCH3 is 1. The fraction of sp³-hybridized carbons (Fsp3) is 0.324. The molecule has 0 spiro atoms. The molecule has 0 bridgehead atoms. The summed E-state index contributed by atoms with van der Waals surface area (Å²) in [7, 11) is -0.116. The van der Waals surface area contributed by atoms with Gasteiger partial charge in [0.25, 0.3) is 0 Å². The van der Waals surface area contributed by atoms with E-state index in [2.05, 4.69) is 61.6 Å². The summed E-state index contributed by atoms with van der Waals surface area (Å²) < 4.78 is 25.5. The van der Waals surface area contributed by atoms with Gasteiger partial charge in [-0.2, -0.15) is 0 Å². The first kappa shape index (κ1) is 35.2. The zero-order valence-electron chi connectivity index (χ0n) is 26.3. The SMILES string of the molecule is CCOC(=O)NS(=O)c1ccc(CSC2=C(C)C(C)C=C(C(C)(C)c3ccc(Cl)c(Cl)c3)N2c2ccc(C)c(OC)c2)c(Cl)c1. The fourth-order valence-corrected chi connectivity index (χ4v) is 7.75. The summed E-state index contributed by atoms with van der Waals surface area (Å²) in [4.78, 5) is 14.4. The number of benzene rings is 3. The van der Waals surface area contributed by atoms with E-state index >= 15 is 0 Å². The van der Waals surface area contributed by atoms with Crippen LogP contribution in [-0.4, -0.2) is 24.0 Å². The number of allylic oxidation sites excluding steroid dienone is 3. The second-order valence-corrected chi connectivity index (χ2v) is 14.6. The second kappa shape index (κ2) is 14.9. The molecule has 1 aliphatic rings. The zero-order valence-corrected chi connectivity index (χ0v) is 30.2. The Morgan fingerprint density at radius 3 is 2.40 bits per heavy atom. The molecule has 0 aromatic heterocycles. The van der Waals surface area contributed by atoms with Crippen LogP contribution in [0, 0.1) is 12.8 Å². The molecule has 1 amide bonds. The molecule has 0 saturated heterocycles. The van der Waals surface area contributed by atoms with Crippen LogP contribution in [0.25, 0.3) is 0 Å². The third-order valence-corrected chi connectivity index (χ3v) is 11.2. The number of aryl methyl sites for hydroxylation is 1. The molecule has 11 heteroatoms. The van der Waals surface area contributed by atoms with Gasteiger partial charge in [0.2, 0.25) is 0 Å². The smallest absolute Gasteiger partial charge is 0.419 e. The van der Waals surface area contributed by atoms with E-state index in [9.17, 15) is 9.00 Å². The van der Waals surface area contributed by atoms with E-state index in [1.807, 2.05) is 31.2 Å². The third kappa shape index (κ3) is 7.86. The van der Waals surface area contributed by atoms with Crippen molar-refractivity contribution in [2.45, 2.75) is 57.6 Å². The van der Waals surface area contributed by atoms with Crippen molar-refractivity contribution < 1.29 is 18.5 Å². The highest BCUT2D eigenvalue weighted by atomic mass is 35.5. The van der Waals surface area contributed by atoms with Crippen LogP contribution in [0.15, 0.2) is 81.9 Å². The molecule has 0 aliphatic carbocycles. The van der Waals surface area contributed by atoms with Crippen LogP contribution in [0.5, 0.6) is 5.75 Å². The van der Waals surface area contributed by atoms with Crippen molar-refractivity contribution in [3.63, 3.8) is 0 Å². The van der Waals surface area contributed by atoms with Crippen molar-refractivity contribution in [3.05, 3.63) is 109 Å². The van der Waals surface area contributed by atoms with Crippen LogP contribution in [0.4, 0.5) is 10.5 Å². The summed E-state index contributed by atoms with van der Waals surface area (Å²) in [6, 6.07) is 17.2. The first-order chi connectivity index (χ1) is 21.3. The van der Waals surface area contributed by atoms with E-state index in [1.54, 1.807) is 37.9 Å². The molecule has 0 radical (unpaired) electrons. The number of hydrogen-bond donors (Lipinski definition) is 1. The van der Waals surface area contributed by atoms with Gasteiger partial charge in [0.15, 0.2) is 11.0 Å². The van der Waals surface area contributed by atoms with Gasteiger partial charge in [0.1, 0.15) is 5.75 Å². The van der Waals surface area contributed by atoms with Gasteiger partial charge in [0, 0.05) is 28.0 Å². The highest BCUT2D eigenvalue weighted by Gasteiger charge is 2.37. The molecule has 3 aromatic rings. The van der Waals surface area contributed by atoms with Gasteiger partial charge in [-0.05, 0) is 79.3 Å². The maximum Gasteiger partial charge on any atom is 0.419 e. The van der Waals surface area contributed by atoms with E-state index in [1.165, 1.54) is 5.57 Å². The van der Waals surface area contributed by atoms with Crippen molar-refractivity contribution in [3.8, 4) is 5.75 Å². The molecule has 1 N–H and O–H groups in total. The third-order valence-electron chi connectivity index (χ3n) is 7.86. The lowest BCUT2D eigenvalue weighted by Crippen LogP contribution is -2.37. The van der Waals surface area contributed by atoms with E-state index in [0.29, 0.717) is 25.7 Å². The zero-order chi connectivity index (χ0) is 33.1. The summed E-state index contributed by atoms with van der Waals surface area (Å²) in [5.74, 6) is 1.50. The van der Waals surface area contributed by atoms with E-state index in [0.717, 1.165) is 38.9 Å². The number of nitrogens with zero attached hydrogens (tertiary/aromatic N) is 1. The second-order valence-electron chi connectivity index (χ2n) is 11.2. The molecule has 3 aromatic carbocycles. The summed E-state index contributed by atoms with van der Waals surface area (Å²) >= 11 is 21.2. The van der Waals surface area contributed by atoms with Crippen LogP contribution in [0.1, 0.15) is 51.3 Å². The standard InChI is InChI=1S/C34H37Cl3N2O4S2/c1-8-43-33(40)38-45(41)26-13-10-23(28(36)18-26)19-44-32-22(4)21(3)15-31(34(5,6)24-11-14-27(35)29(37)16-24)39(32)25-12-9-20(2)30(17-25)42-7/h9-18,21H,8,19H2,1-7H3,(H,38,40). The largest absolute Gasteiger partial charge is 0.496 e. The molecule has 1 aliphatic heterocycles. The number of amides is 1. The van der Waals surface area contributed by atoms with Gasteiger partial charge in [-0.3, -0.25) is 0 Å². The summed E-state index contributed by atoms with van der Waals surface area (Å²) in [6.45, 7) is 12.6. The minimum absolute atomic E-state index is 0.155. The monoisotopic (exact) mass is 706 g/mol. The number of carbonyl (C=O) groups is 1. The highest BCUT2D eigenvalue weighted by Crippen LogP contribution is 2.48. The summed E-state index contributed by atoms with van der Waals surface area (Å²) in [5.41, 5.74) is 5.75. The minimum atomic E-state index is -1.79. The molecular formula is C34H37Cl3N2O4S2. The summed E-state index contributed by atoms with van der Waals surface area (Å²) in [6.07, 6.45) is 1.56. The lowest BCUT2D eigenvalue weighted by molar-refractivity contribution is 0.159. The Labute approximate surface area is 287 Å². The van der Waals surface area contributed by atoms with E-state index in [4.69, 9.17) is 44.3 Å². The Balaban J connectivity index is 1.73. The number of ether oxygens (including phenoxy) is 2. The van der Waals surface area contributed by atoms with Crippen LogP contribution >= 0.6 is 46.6 Å². The van der Waals surface area contributed by atoms with Crippen LogP contribution in [0.2, 0.25) is 15.1 Å². The van der Waals surface area contributed by atoms with Gasteiger partial charge < -0.3 is 14.4 Å². The number of nitrogens with one attached hydrogen (secondary N) is 1. The van der Waals surface area contributed by atoms with E-state index < -0.39 is 22.5 Å². The Morgan fingerprint density at radius 2 is 1.76 bits per heavy atom. The van der Waals surface area contributed by atoms with Crippen molar-refractivity contribution >= 4 is 69.3 Å². The van der Waals surface area contributed by atoms with Crippen LogP contribution in [0.3, 0.4) is 0 Å². The number of anilines is 1. The molecule has 240 valence electrons. The molecule has 0 saturated carbocycles. The van der Waals surface area contributed by atoms with Crippen molar-refractivity contribution in [2.24, 2.45) is 5.92 Å². The number of hydrogen-bond acceptors (Lipinski definition) is 6. The molecule has 45 heavy (non-hydrogen) atoms. The lowest BCUT2D eigenvalue weighted by atomic mass is 9.77. The van der Waals surface area contributed by atoms with Gasteiger partial charge >= 0.3 is 6.09 Å². The minimum Gasteiger partial charge on any atom is -0.496 e. The Kier molecular flexibility index (Phi) is 11.6. The maximum atomic E-state index is 12.6. The van der Waals surface area contributed by atoms with Crippen molar-refractivity contribution in [2.75, 3.05) is 18.6 Å². The number of rotatable bonds is 10. The average Bonchev–Trinajstić information content (AvgIpc) is 2.99. The van der Waals surface area contributed by atoms with Gasteiger partial charge in [-0.25, -0.2) is 13.7 Å². The number of carbonyl (C=O) groups excluding carboxylic acids is 1. The first-order valence-electron chi connectivity index (χ1n) is 14.4. The normalized spacial score (nSPS) is 15.9.